The van der Waals surface area contributed by atoms with Gasteiger partial charge in [-0.3, -0.25) is 9.59 Å². The van der Waals surface area contributed by atoms with Gasteiger partial charge in [-0.05, 0) is 126 Å². The minimum Gasteiger partial charge on any atom is -0.508 e. The summed E-state index contributed by atoms with van der Waals surface area (Å²) < 4.78 is 6.14. The molecule has 0 amide bonds. The van der Waals surface area contributed by atoms with Crippen molar-refractivity contribution < 1.29 is 34.8 Å². The number of aromatic amines is 1. The Hall–Kier alpha value is -4.48. The number of nitrogens with one attached hydrogen (secondary N) is 1. The highest BCUT2D eigenvalue weighted by Gasteiger charge is 2.43. The van der Waals surface area contributed by atoms with Crippen LogP contribution < -0.4 is 16.2 Å². The van der Waals surface area contributed by atoms with Crippen molar-refractivity contribution in [1.82, 2.24) is 4.98 Å². The molecule has 4 aromatic rings. The highest BCUT2D eigenvalue weighted by Crippen LogP contribution is 2.49. The second-order valence-electron chi connectivity index (χ2n) is 18.8. The number of aromatic hydroxyl groups is 2. The Bertz CT molecular complexity index is 2430. The van der Waals surface area contributed by atoms with E-state index in [1.54, 1.807) is 58.1 Å². The first-order valence-electron chi connectivity index (χ1n) is 23.4. The first-order valence-corrected chi connectivity index (χ1v) is 25.9. The van der Waals surface area contributed by atoms with Crippen LogP contribution in [0.25, 0.3) is 0 Å². The Labute approximate surface area is 390 Å². The summed E-state index contributed by atoms with van der Waals surface area (Å²) >= 11 is 0. The Morgan fingerprint density at radius 2 is 1.71 bits per heavy atom. The van der Waals surface area contributed by atoms with Gasteiger partial charge < -0.3 is 41.6 Å². The number of benzene rings is 3. The van der Waals surface area contributed by atoms with E-state index in [1.807, 2.05) is 24.3 Å². The molecule has 2 heterocycles. The van der Waals surface area contributed by atoms with E-state index in [2.05, 4.69) is 29.0 Å². The first-order chi connectivity index (χ1) is 31.4. The molecule has 65 heavy (non-hydrogen) atoms. The van der Waals surface area contributed by atoms with Crippen molar-refractivity contribution in [3.8, 4) is 29.1 Å². The smallest absolute Gasteiger partial charge is 0.165 e. The third kappa shape index (κ3) is 11.6. The minimum atomic E-state index is -0.785. The van der Waals surface area contributed by atoms with Gasteiger partial charge in [0.1, 0.15) is 5.75 Å². The van der Waals surface area contributed by atoms with Crippen LogP contribution in [0.15, 0.2) is 72.9 Å². The minimum absolute atomic E-state index is 0.00123. The molecule has 12 heteroatoms. The van der Waals surface area contributed by atoms with Gasteiger partial charge in [0.05, 0.1) is 31.4 Å². The molecule has 1 aromatic heterocycles. The van der Waals surface area contributed by atoms with Gasteiger partial charge in [-0.2, -0.15) is 0 Å². The lowest BCUT2D eigenvalue weighted by Crippen LogP contribution is -2.22. The number of phenolic OH excluding ortho intramolecular Hbond substituents is 2. The predicted molar refractivity (Wildman–Crippen MR) is 259 cm³/mol. The number of hydrogen-bond acceptors (Lipinski definition) is 11. The number of carbonyl (C=O) groups is 2. The number of aromatic nitrogens is 1. The summed E-state index contributed by atoms with van der Waals surface area (Å²) in [4.78, 5) is 30.8. The first kappa shape index (κ1) is 47.0. The molecule has 1 aliphatic heterocycles. The molecule has 0 unspecified atom stereocenters. The Morgan fingerprint density at radius 3 is 2.52 bits per heavy atom. The molecule has 3 aliphatic carbocycles. The van der Waals surface area contributed by atoms with E-state index in [-0.39, 0.29) is 60.0 Å². The van der Waals surface area contributed by atoms with Gasteiger partial charge in [0, 0.05) is 65.3 Å². The van der Waals surface area contributed by atoms with E-state index < -0.39 is 18.2 Å². The number of hydrogen-bond donors (Lipinski definition) is 7. The summed E-state index contributed by atoms with van der Waals surface area (Å²) in [5.74, 6) is 8.09. The number of fused-ring (bicyclic) bond motifs is 9. The standard InChI is InChI=1S/C53H63N3O7S2/c54-52(55)42-26-36-8-5-9-45-40(18-22-56-45)49(61)28-43-41(36)27-37(42)31-64-65-32-38-29-53(30-50(38)62,20-4-3-10-46(58)35-6-1-2-7-35)21-17-39(57)14-11-33-13-16-48(60)51(25-33)63-23-19-34-12-15-47(59)44(43)24-34/h12-13,15-18,21-22,24-27,35,38,43,46,50,52,56,58-60,62H,1-4,6-7,9-11,14,19-20,23,28-32,54-55H2/b21-17+/t38-,43+,46-,50-,53-/m0/s1. The summed E-state index contributed by atoms with van der Waals surface area (Å²) in [6, 6.07) is 16.4. The van der Waals surface area contributed by atoms with Crippen LogP contribution in [-0.2, 0) is 29.8 Å². The van der Waals surface area contributed by atoms with Gasteiger partial charge >= 0.3 is 0 Å². The van der Waals surface area contributed by atoms with Crippen LogP contribution in [0, 0.1) is 29.1 Å². The highest BCUT2D eigenvalue weighted by molar-refractivity contribution is 8.76. The topological polar surface area (TPSA) is 192 Å². The number of aliphatic hydroxyl groups excluding tert-OH is 2. The molecule has 8 bridgehead atoms. The molecular weight excluding hydrogens is 855 g/mol. The number of ketones is 2. The molecule has 10 nitrogen and oxygen atoms in total. The van der Waals surface area contributed by atoms with Crippen molar-refractivity contribution in [1.29, 1.82) is 0 Å². The van der Waals surface area contributed by atoms with Crippen LogP contribution in [0.5, 0.6) is 17.2 Å². The number of aryl methyl sites for hydroxylation is 1. The van der Waals surface area contributed by atoms with Crippen LogP contribution >= 0.6 is 21.6 Å². The SMILES string of the molecule is NC(N)c1cc2c3cc1CSSC[C@@H]1C[C@](CCCC[C@H](O)C4CCCC4)(/C=C/C(=O)CCc4ccc(O)c(c4)OCCc4ccc(O)c(c4)[C@@H]3CC(=O)c3cc[nH]c3CC#C2)C[C@@H]1O. The van der Waals surface area contributed by atoms with Gasteiger partial charge in [-0.1, -0.05) is 89.5 Å². The maximum atomic E-state index is 14.2. The maximum absolute atomic E-state index is 14.2. The lowest BCUT2D eigenvalue weighted by Gasteiger charge is -2.26. The van der Waals surface area contributed by atoms with E-state index in [0.29, 0.717) is 65.5 Å². The summed E-state index contributed by atoms with van der Waals surface area (Å²) in [7, 11) is 3.37. The molecule has 0 saturated heterocycles. The summed E-state index contributed by atoms with van der Waals surface area (Å²) in [5.41, 5.74) is 19.4. The van der Waals surface area contributed by atoms with Crippen molar-refractivity contribution in [2.45, 2.75) is 126 Å². The van der Waals surface area contributed by atoms with Crippen LogP contribution in [0.4, 0.5) is 0 Å². The Balaban J connectivity index is 1.11. The summed E-state index contributed by atoms with van der Waals surface area (Å²) in [6.45, 7) is 0.229. The number of allylic oxidation sites excluding steroid dienone is 2. The number of aliphatic hydroxyl groups is 2. The van der Waals surface area contributed by atoms with Gasteiger partial charge in [0.2, 0.25) is 0 Å². The number of ether oxygens (including phenoxy) is 1. The maximum Gasteiger partial charge on any atom is 0.165 e. The van der Waals surface area contributed by atoms with Crippen molar-refractivity contribution in [3.05, 3.63) is 123 Å². The third-order valence-electron chi connectivity index (χ3n) is 14.3. The van der Waals surface area contributed by atoms with Gasteiger partial charge in [0.15, 0.2) is 23.1 Å². The second-order valence-corrected chi connectivity index (χ2v) is 21.3. The number of phenols is 2. The largest absolute Gasteiger partial charge is 0.508 e. The number of nitrogens with two attached hydrogens (primary N) is 2. The van der Waals surface area contributed by atoms with Gasteiger partial charge in [-0.25, -0.2) is 0 Å². The molecule has 0 radical (unpaired) electrons. The zero-order valence-corrected chi connectivity index (χ0v) is 38.7. The molecule has 2 fully saturated rings. The fourth-order valence-electron chi connectivity index (χ4n) is 10.6. The predicted octanol–water partition coefficient (Wildman–Crippen LogP) is 9.10. The highest BCUT2D eigenvalue weighted by atomic mass is 33.1. The molecule has 344 valence electrons. The van der Waals surface area contributed by atoms with E-state index in [0.717, 1.165) is 78.5 Å². The molecule has 3 aromatic carbocycles. The third-order valence-corrected chi connectivity index (χ3v) is 16.7. The zero-order chi connectivity index (χ0) is 45.5. The van der Waals surface area contributed by atoms with Crippen molar-refractivity contribution in [2.24, 2.45) is 28.7 Å². The van der Waals surface area contributed by atoms with E-state index >= 15 is 0 Å². The molecule has 8 rings (SSSR count). The van der Waals surface area contributed by atoms with Gasteiger partial charge in [0.25, 0.3) is 0 Å². The number of carbonyl (C=O) groups excluding carboxylic acids is 2. The van der Waals surface area contributed by atoms with E-state index in [4.69, 9.17) is 16.2 Å². The van der Waals surface area contributed by atoms with Crippen LogP contribution in [0.2, 0.25) is 0 Å². The molecule has 5 atom stereocenters. The van der Waals surface area contributed by atoms with Crippen molar-refractivity contribution >= 4 is 33.2 Å². The molecule has 9 N–H and O–H groups in total. The average molecular weight is 918 g/mol. The van der Waals surface area contributed by atoms with Crippen LogP contribution in [0.3, 0.4) is 0 Å². The van der Waals surface area contributed by atoms with Crippen molar-refractivity contribution in [3.63, 3.8) is 0 Å². The molecule has 4 aliphatic rings. The lowest BCUT2D eigenvalue weighted by molar-refractivity contribution is -0.114. The Morgan fingerprint density at radius 1 is 0.908 bits per heavy atom. The lowest BCUT2D eigenvalue weighted by atomic mass is 9.79. The number of H-pyrrole nitrogens is 1. The second kappa shape index (κ2) is 21.4. The fourth-order valence-corrected chi connectivity index (χ4v) is 13.1. The number of rotatable bonds is 7. The molecule has 2 saturated carbocycles. The number of unbranched alkanes of at least 4 members (excludes halogenated alkanes) is 1. The van der Waals surface area contributed by atoms with Crippen molar-refractivity contribution in [2.75, 3.05) is 12.4 Å². The van der Waals surface area contributed by atoms with E-state index in [1.165, 1.54) is 12.8 Å². The average Bonchev–Trinajstić information content (AvgIpc) is 4.07. The van der Waals surface area contributed by atoms with Crippen LogP contribution in [-0.4, -0.2) is 61.5 Å². The molecular formula is C53H63N3O7S2. The zero-order valence-electron chi connectivity index (χ0n) is 37.1. The summed E-state index contributed by atoms with van der Waals surface area (Å²) in [6.07, 6.45) is 15.0. The van der Waals surface area contributed by atoms with Crippen LogP contribution in [0.1, 0.15) is 144 Å². The summed E-state index contributed by atoms with van der Waals surface area (Å²) in [5, 5.41) is 44.8. The number of Topliss-reactive ketones (excluding diaryl/α,β-unsaturated/α-hetero) is 1. The Kier molecular flexibility index (Phi) is 15.5. The normalized spacial score (nSPS) is 24.2. The molecule has 0 spiro atoms. The monoisotopic (exact) mass is 917 g/mol. The van der Waals surface area contributed by atoms with Gasteiger partial charge in [-0.15, -0.1) is 0 Å². The van der Waals surface area contributed by atoms with E-state index in [9.17, 15) is 30.0 Å². The fraction of sp³-hybridized carbons (Fsp3) is 0.472. The quantitative estimate of drug-likeness (QED) is 0.0405.